The molecule has 2 heterocycles. The number of alkyl halides is 3. The van der Waals surface area contributed by atoms with E-state index < -0.39 is 41.2 Å². The number of β-amino-alcohol motifs (C(OH)–C–C–N with tert-alkyl or cyclic N) is 1. The fourth-order valence-corrected chi connectivity index (χ4v) is 5.42. The number of aliphatic hydroxyl groups excluding tert-OH is 1. The van der Waals surface area contributed by atoms with Crippen LogP contribution >= 0.6 is 11.6 Å². The predicted octanol–water partition coefficient (Wildman–Crippen LogP) is 4.52. The number of fused-ring (bicyclic) bond motifs is 1. The van der Waals surface area contributed by atoms with Crippen LogP contribution in [0, 0.1) is 5.92 Å². The number of carbonyl (C=O) groups excluding carboxylic acids is 2. The van der Waals surface area contributed by atoms with Crippen molar-refractivity contribution in [2.45, 2.75) is 31.5 Å². The molecule has 1 aliphatic heterocycles. The maximum absolute atomic E-state index is 13.8. The standard InChI is InChI=1S/C27H22ClF3N2O5/c28-21-3-1-2-20(27(29,30)31)23(21)25(36)33-13-19(14-4-6-15(7-5-14)26(37)38)18-9-8-16(10-22(18)33)24(35)32-11-17(34)12-32/h1-7,13,16-17,34H,8-12H2,(H,37,38). The zero-order chi connectivity index (χ0) is 27.4. The molecule has 1 amide bonds. The van der Waals surface area contributed by atoms with Crippen molar-refractivity contribution in [2.24, 2.45) is 5.92 Å². The van der Waals surface area contributed by atoms with Gasteiger partial charge in [0.25, 0.3) is 5.91 Å². The number of benzene rings is 2. The average molecular weight is 547 g/mol. The number of aromatic carboxylic acids is 1. The SMILES string of the molecule is O=C(O)c1ccc(-c2cn(C(=O)c3c(Cl)cccc3C(F)(F)F)c3c2CCC(C(=O)N2CC(O)C2)C3)cc1. The molecule has 1 fully saturated rings. The Balaban J connectivity index is 1.61. The highest BCUT2D eigenvalue weighted by Gasteiger charge is 2.40. The molecule has 38 heavy (non-hydrogen) atoms. The maximum atomic E-state index is 13.8. The zero-order valence-electron chi connectivity index (χ0n) is 19.8. The molecule has 0 radical (unpaired) electrons. The largest absolute Gasteiger partial charge is 0.478 e. The second kappa shape index (κ2) is 9.59. The van der Waals surface area contributed by atoms with E-state index in [9.17, 15) is 37.8 Å². The molecule has 1 aliphatic carbocycles. The van der Waals surface area contributed by atoms with E-state index in [0.717, 1.165) is 16.7 Å². The molecule has 2 N–H and O–H groups in total. The van der Waals surface area contributed by atoms with Gasteiger partial charge in [0.15, 0.2) is 0 Å². The van der Waals surface area contributed by atoms with Gasteiger partial charge in [-0.15, -0.1) is 0 Å². The summed E-state index contributed by atoms with van der Waals surface area (Å²) in [6.45, 7) is 0.440. The molecule has 1 saturated heterocycles. The third kappa shape index (κ3) is 4.58. The van der Waals surface area contributed by atoms with Gasteiger partial charge in [0, 0.05) is 42.9 Å². The first-order chi connectivity index (χ1) is 18.0. The Morgan fingerprint density at radius 2 is 1.71 bits per heavy atom. The summed E-state index contributed by atoms with van der Waals surface area (Å²) in [7, 11) is 0. The summed E-state index contributed by atoms with van der Waals surface area (Å²) in [5.41, 5.74) is 0.473. The van der Waals surface area contributed by atoms with Crippen molar-refractivity contribution in [2.75, 3.05) is 13.1 Å². The predicted molar refractivity (Wildman–Crippen MR) is 131 cm³/mol. The molecular weight excluding hydrogens is 525 g/mol. The molecule has 5 rings (SSSR count). The average Bonchev–Trinajstić information content (AvgIpc) is 3.24. The van der Waals surface area contributed by atoms with Crippen LogP contribution in [0.3, 0.4) is 0 Å². The van der Waals surface area contributed by atoms with Crippen molar-refractivity contribution in [1.82, 2.24) is 9.47 Å². The lowest BCUT2D eigenvalue weighted by Crippen LogP contribution is -2.55. The number of carboxylic acids is 1. The summed E-state index contributed by atoms with van der Waals surface area (Å²) in [5, 5.41) is 18.5. The van der Waals surface area contributed by atoms with Crippen LogP contribution in [0.4, 0.5) is 13.2 Å². The first kappa shape index (κ1) is 26.0. The van der Waals surface area contributed by atoms with Gasteiger partial charge < -0.3 is 15.1 Å². The monoisotopic (exact) mass is 546 g/mol. The third-order valence-electron chi connectivity index (χ3n) is 7.12. The number of hydrogen-bond acceptors (Lipinski definition) is 4. The number of aliphatic hydroxyl groups is 1. The number of halogens is 4. The number of carboxylic acid groups (broad SMARTS) is 1. The normalized spacial score (nSPS) is 17.6. The summed E-state index contributed by atoms with van der Waals surface area (Å²) < 4.78 is 42.6. The Hall–Kier alpha value is -3.63. The molecule has 1 unspecified atom stereocenters. The van der Waals surface area contributed by atoms with Crippen LogP contribution in [0.5, 0.6) is 0 Å². The molecule has 0 spiro atoms. The number of amides is 1. The van der Waals surface area contributed by atoms with E-state index >= 15 is 0 Å². The van der Waals surface area contributed by atoms with Crippen LogP contribution in [0.1, 0.15) is 44.0 Å². The molecule has 1 aromatic heterocycles. The smallest absolute Gasteiger partial charge is 0.417 e. The first-order valence-corrected chi connectivity index (χ1v) is 12.3. The molecule has 0 saturated carbocycles. The fourth-order valence-electron chi connectivity index (χ4n) is 5.17. The summed E-state index contributed by atoms with van der Waals surface area (Å²) in [4.78, 5) is 39.5. The molecule has 0 bridgehead atoms. The van der Waals surface area contributed by atoms with Gasteiger partial charge in [0.2, 0.25) is 5.91 Å². The Morgan fingerprint density at radius 3 is 2.32 bits per heavy atom. The van der Waals surface area contributed by atoms with E-state index in [1.807, 2.05) is 0 Å². The van der Waals surface area contributed by atoms with Gasteiger partial charge in [0.1, 0.15) is 0 Å². The molecule has 198 valence electrons. The van der Waals surface area contributed by atoms with E-state index in [4.69, 9.17) is 11.6 Å². The highest BCUT2D eigenvalue weighted by Crippen LogP contribution is 2.39. The second-order valence-corrected chi connectivity index (χ2v) is 9.93. The number of carbonyl (C=O) groups is 3. The van der Waals surface area contributed by atoms with Crippen molar-refractivity contribution < 1.29 is 37.8 Å². The van der Waals surface area contributed by atoms with Gasteiger partial charge in [-0.05, 0) is 48.2 Å². The van der Waals surface area contributed by atoms with Crippen molar-refractivity contribution in [3.63, 3.8) is 0 Å². The van der Waals surface area contributed by atoms with Crippen LogP contribution < -0.4 is 0 Å². The minimum Gasteiger partial charge on any atom is -0.478 e. The highest BCUT2D eigenvalue weighted by atomic mass is 35.5. The van der Waals surface area contributed by atoms with Gasteiger partial charge in [0.05, 0.1) is 27.8 Å². The van der Waals surface area contributed by atoms with E-state index in [-0.39, 0.29) is 36.0 Å². The maximum Gasteiger partial charge on any atom is 0.417 e. The number of aromatic nitrogens is 1. The number of hydrogen-bond donors (Lipinski definition) is 2. The highest BCUT2D eigenvalue weighted by molar-refractivity contribution is 6.34. The summed E-state index contributed by atoms with van der Waals surface area (Å²) in [5.74, 6) is -2.77. The minimum absolute atomic E-state index is 0.0615. The van der Waals surface area contributed by atoms with Crippen molar-refractivity contribution in [3.05, 3.63) is 81.6 Å². The Bertz CT molecular complexity index is 1440. The molecule has 2 aromatic carbocycles. The van der Waals surface area contributed by atoms with Gasteiger partial charge >= 0.3 is 12.1 Å². The number of rotatable bonds is 4. The quantitative estimate of drug-likeness (QED) is 0.501. The second-order valence-electron chi connectivity index (χ2n) is 9.52. The third-order valence-corrected chi connectivity index (χ3v) is 7.44. The van der Waals surface area contributed by atoms with Crippen LogP contribution in [-0.2, 0) is 23.8 Å². The molecular formula is C27H22ClF3N2O5. The Labute approximate surface area is 220 Å². The van der Waals surface area contributed by atoms with Gasteiger partial charge in [-0.1, -0.05) is 29.8 Å². The van der Waals surface area contributed by atoms with Crippen molar-refractivity contribution in [3.8, 4) is 11.1 Å². The van der Waals surface area contributed by atoms with Crippen LogP contribution in [0.15, 0.2) is 48.7 Å². The van der Waals surface area contributed by atoms with E-state index in [2.05, 4.69) is 0 Å². The van der Waals surface area contributed by atoms with Crippen LogP contribution in [0.2, 0.25) is 5.02 Å². The fraction of sp³-hybridized carbons (Fsp3) is 0.296. The first-order valence-electron chi connectivity index (χ1n) is 11.9. The Kier molecular flexibility index (Phi) is 6.56. The Morgan fingerprint density at radius 1 is 1.03 bits per heavy atom. The van der Waals surface area contributed by atoms with Crippen LogP contribution in [0.25, 0.3) is 11.1 Å². The molecule has 7 nitrogen and oxygen atoms in total. The van der Waals surface area contributed by atoms with E-state index in [1.54, 1.807) is 12.1 Å². The topological polar surface area (TPSA) is 99.8 Å². The van der Waals surface area contributed by atoms with Crippen molar-refractivity contribution in [1.29, 1.82) is 0 Å². The van der Waals surface area contributed by atoms with Crippen molar-refractivity contribution >= 4 is 29.4 Å². The lowest BCUT2D eigenvalue weighted by atomic mass is 9.83. The summed E-state index contributed by atoms with van der Waals surface area (Å²) in [6.07, 6.45) is -3.01. The van der Waals surface area contributed by atoms with E-state index in [1.165, 1.54) is 29.3 Å². The zero-order valence-corrected chi connectivity index (χ0v) is 20.6. The van der Waals surface area contributed by atoms with Gasteiger partial charge in [-0.3, -0.25) is 14.2 Å². The summed E-state index contributed by atoms with van der Waals surface area (Å²) in [6, 6.07) is 9.09. The molecule has 11 heteroatoms. The van der Waals surface area contributed by atoms with E-state index in [0.29, 0.717) is 35.2 Å². The molecule has 3 aromatic rings. The molecule has 1 atom stereocenters. The lowest BCUT2D eigenvalue weighted by Gasteiger charge is -2.39. The lowest BCUT2D eigenvalue weighted by molar-refractivity contribution is -0.146. The van der Waals surface area contributed by atoms with Crippen LogP contribution in [-0.4, -0.2) is 56.7 Å². The number of likely N-dealkylation sites (tertiary alicyclic amines) is 1. The summed E-state index contributed by atoms with van der Waals surface area (Å²) >= 11 is 6.12. The molecule has 2 aliphatic rings. The van der Waals surface area contributed by atoms with Gasteiger partial charge in [-0.2, -0.15) is 13.2 Å². The number of nitrogens with zero attached hydrogens (tertiary/aromatic N) is 2. The minimum atomic E-state index is -4.82. The van der Waals surface area contributed by atoms with Gasteiger partial charge in [-0.25, -0.2) is 4.79 Å².